The Bertz CT molecular complexity index is 1650. The molecule has 1 aliphatic carbocycles. The van der Waals surface area contributed by atoms with Crippen molar-refractivity contribution in [1.82, 2.24) is 39.8 Å². The predicted octanol–water partition coefficient (Wildman–Crippen LogP) is 3.81. The SMILES string of the molecule is O=C(Cc1cn(-c2ccc(Cl)cc2)c(-c2cnc(NC3Cc4ccccc4C3)nc2)n1)N1CCc2n[nH]nc2C1. The van der Waals surface area contributed by atoms with Crippen LogP contribution in [0, 0.1) is 0 Å². The summed E-state index contributed by atoms with van der Waals surface area (Å²) in [6.07, 6.45) is 8.20. The van der Waals surface area contributed by atoms with E-state index in [0.29, 0.717) is 42.0 Å². The Balaban J connectivity index is 1.12. The lowest BCUT2D eigenvalue weighted by molar-refractivity contribution is -0.131. The monoisotopic (exact) mass is 551 g/mol. The molecule has 5 aromatic rings. The maximum atomic E-state index is 13.2. The van der Waals surface area contributed by atoms with Gasteiger partial charge in [0.05, 0.1) is 29.9 Å². The Labute approximate surface area is 235 Å². The second-order valence-electron chi connectivity index (χ2n) is 10.2. The van der Waals surface area contributed by atoms with Gasteiger partial charge in [0.2, 0.25) is 11.9 Å². The number of aromatic nitrogens is 7. The lowest BCUT2D eigenvalue weighted by Crippen LogP contribution is -2.37. The highest BCUT2D eigenvalue weighted by Gasteiger charge is 2.25. The van der Waals surface area contributed by atoms with Gasteiger partial charge >= 0.3 is 0 Å². The normalized spacial score (nSPS) is 14.7. The average Bonchev–Trinajstić information content (AvgIpc) is 3.71. The third-order valence-electron chi connectivity index (χ3n) is 7.50. The number of halogens is 1. The summed E-state index contributed by atoms with van der Waals surface area (Å²) in [4.78, 5) is 29.1. The zero-order valence-corrected chi connectivity index (χ0v) is 22.3. The van der Waals surface area contributed by atoms with E-state index in [9.17, 15) is 4.79 Å². The van der Waals surface area contributed by atoms with Crippen LogP contribution < -0.4 is 5.32 Å². The molecule has 40 heavy (non-hydrogen) atoms. The molecule has 1 aliphatic heterocycles. The molecule has 200 valence electrons. The third-order valence-corrected chi connectivity index (χ3v) is 7.75. The fourth-order valence-corrected chi connectivity index (χ4v) is 5.59. The van der Waals surface area contributed by atoms with Crippen LogP contribution in [0.4, 0.5) is 5.95 Å². The molecule has 0 saturated heterocycles. The lowest BCUT2D eigenvalue weighted by Gasteiger charge is -2.25. The molecule has 0 fully saturated rings. The molecule has 11 heteroatoms. The van der Waals surface area contributed by atoms with E-state index in [1.54, 1.807) is 17.3 Å². The zero-order valence-electron chi connectivity index (χ0n) is 21.6. The summed E-state index contributed by atoms with van der Waals surface area (Å²) in [7, 11) is 0. The number of benzene rings is 2. The van der Waals surface area contributed by atoms with E-state index < -0.39 is 0 Å². The fraction of sp³-hybridized carbons (Fsp3) is 0.241. The number of nitrogens with zero attached hydrogens (tertiary/aromatic N) is 7. The van der Waals surface area contributed by atoms with Gasteiger partial charge < -0.3 is 10.2 Å². The Hall–Kier alpha value is -4.57. The van der Waals surface area contributed by atoms with Crippen molar-refractivity contribution >= 4 is 23.5 Å². The minimum absolute atomic E-state index is 0.00526. The van der Waals surface area contributed by atoms with Gasteiger partial charge in [0.15, 0.2) is 0 Å². The highest BCUT2D eigenvalue weighted by molar-refractivity contribution is 6.30. The number of hydrogen-bond acceptors (Lipinski definition) is 7. The summed E-state index contributed by atoms with van der Waals surface area (Å²) in [5.41, 5.74) is 6.77. The number of amides is 1. The van der Waals surface area contributed by atoms with E-state index >= 15 is 0 Å². The maximum absolute atomic E-state index is 13.2. The van der Waals surface area contributed by atoms with Crippen molar-refractivity contribution in [3.63, 3.8) is 0 Å². The van der Waals surface area contributed by atoms with Gasteiger partial charge in [-0.2, -0.15) is 15.4 Å². The molecule has 1 amide bonds. The van der Waals surface area contributed by atoms with Gasteiger partial charge in [0.1, 0.15) is 11.5 Å². The van der Waals surface area contributed by atoms with Crippen LogP contribution in [0.1, 0.15) is 28.2 Å². The van der Waals surface area contributed by atoms with Gasteiger partial charge in [-0.05, 0) is 48.2 Å². The Morgan fingerprint density at radius 2 is 1.73 bits per heavy atom. The van der Waals surface area contributed by atoms with Crippen molar-refractivity contribution in [2.45, 2.75) is 38.3 Å². The Morgan fingerprint density at radius 1 is 1.00 bits per heavy atom. The first kappa shape index (κ1) is 24.5. The van der Waals surface area contributed by atoms with Crippen LogP contribution in [0.25, 0.3) is 17.1 Å². The van der Waals surface area contributed by atoms with Gasteiger partial charge in [-0.15, -0.1) is 0 Å². The molecule has 10 nitrogen and oxygen atoms in total. The molecule has 2 N–H and O–H groups in total. The summed E-state index contributed by atoms with van der Waals surface area (Å²) in [5, 5.41) is 15.1. The largest absolute Gasteiger partial charge is 0.351 e. The summed E-state index contributed by atoms with van der Waals surface area (Å²) in [6.45, 7) is 1.06. The van der Waals surface area contributed by atoms with E-state index in [-0.39, 0.29) is 18.4 Å². The summed E-state index contributed by atoms with van der Waals surface area (Å²) in [5.74, 6) is 1.23. The summed E-state index contributed by atoms with van der Waals surface area (Å²) >= 11 is 6.15. The predicted molar refractivity (Wildman–Crippen MR) is 150 cm³/mol. The van der Waals surface area contributed by atoms with E-state index in [2.05, 4.69) is 55.0 Å². The van der Waals surface area contributed by atoms with Gasteiger partial charge in [-0.3, -0.25) is 9.36 Å². The third kappa shape index (κ3) is 4.82. The Morgan fingerprint density at radius 3 is 2.48 bits per heavy atom. The van der Waals surface area contributed by atoms with Crippen LogP contribution in [0.15, 0.2) is 67.1 Å². The number of hydrogen-bond donors (Lipinski definition) is 2. The topological polar surface area (TPSA) is 118 Å². The molecule has 0 radical (unpaired) electrons. The number of imidazole rings is 1. The minimum Gasteiger partial charge on any atom is -0.351 e. The number of nitrogens with one attached hydrogen (secondary N) is 2. The molecule has 0 spiro atoms. The van der Waals surface area contributed by atoms with E-state index in [1.165, 1.54) is 11.1 Å². The number of aromatic amines is 1. The Kier molecular flexibility index (Phi) is 6.24. The van der Waals surface area contributed by atoms with Gasteiger partial charge in [0.25, 0.3) is 0 Å². The fourth-order valence-electron chi connectivity index (χ4n) is 5.46. The van der Waals surface area contributed by atoms with Crippen molar-refractivity contribution in [2.75, 3.05) is 11.9 Å². The molecule has 0 bridgehead atoms. The molecule has 3 aromatic heterocycles. The number of carbonyl (C=O) groups is 1. The van der Waals surface area contributed by atoms with E-state index in [4.69, 9.17) is 16.6 Å². The molecular formula is C29H26ClN9O. The average molecular weight is 552 g/mol. The number of H-pyrrole nitrogens is 1. The summed E-state index contributed by atoms with van der Waals surface area (Å²) < 4.78 is 1.95. The van der Waals surface area contributed by atoms with Crippen LogP contribution in [0.3, 0.4) is 0 Å². The van der Waals surface area contributed by atoms with Crippen molar-refractivity contribution < 1.29 is 4.79 Å². The van der Waals surface area contributed by atoms with Gasteiger partial charge in [0, 0.05) is 48.3 Å². The second kappa shape index (κ2) is 10.2. The maximum Gasteiger partial charge on any atom is 0.229 e. The molecule has 2 aromatic carbocycles. The number of carbonyl (C=O) groups excluding carboxylic acids is 1. The molecule has 7 rings (SSSR count). The van der Waals surface area contributed by atoms with Crippen molar-refractivity contribution in [2.24, 2.45) is 0 Å². The molecule has 0 unspecified atom stereocenters. The first-order chi connectivity index (χ1) is 19.6. The van der Waals surface area contributed by atoms with Gasteiger partial charge in [-0.25, -0.2) is 15.0 Å². The molecule has 2 aliphatic rings. The smallest absolute Gasteiger partial charge is 0.229 e. The summed E-state index contributed by atoms with van der Waals surface area (Å²) in [6, 6.07) is 16.3. The van der Waals surface area contributed by atoms with Crippen LogP contribution in [-0.2, 0) is 37.0 Å². The standard InChI is InChI=1S/C29H26ClN9O/c30-21-5-7-24(8-6-21)39-16-23(13-27(40)38-10-9-25-26(17-38)36-37-35-25)33-28(39)20-14-31-29(32-15-20)34-22-11-18-3-1-2-4-19(18)12-22/h1-8,14-16,22H,9-13,17H2,(H,31,32,34)(H,35,36,37). The highest BCUT2D eigenvalue weighted by atomic mass is 35.5. The van der Waals surface area contributed by atoms with Crippen LogP contribution >= 0.6 is 11.6 Å². The molecule has 0 saturated carbocycles. The quantitative estimate of drug-likeness (QED) is 0.329. The van der Waals surface area contributed by atoms with Crippen LogP contribution in [0.5, 0.6) is 0 Å². The minimum atomic E-state index is -0.00526. The van der Waals surface area contributed by atoms with E-state index in [0.717, 1.165) is 35.5 Å². The highest BCUT2D eigenvalue weighted by Crippen LogP contribution is 2.26. The number of rotatable bonds is 6. The first-order valence-electron chi connectivity index (χ1n) is 13.3. The first-order valence-corrected chi connectivity index (χ1v) is 13.6. The van der Waals surface area contributed by atoms with Gasteiger partial charge in [-0.1, -0.05) is 35.9 Å². The molecule has 4 heterocycles. The van der Waals surface area contributed by atoms with E-state index in [1.807, 2.05) is 35.0 Å². The van der Waals surface area contributed by atoms with Crippen molar-refractivity contribution in [3.05, 3.63) is 100 Å². The van der Waals surface area contributed by atoms with Crippen LogP contribution in [-0.4, -0.2) is 58.3 Å². The number of fused-ring (bicyclic) bond motifs is 2. The van der Waals surface area contributed by atoms with Crippen LogP contribution in [0.2, 0.25) is 5.02 Å². The van der Waals surface area contributed by atoms with Crippen molar-refractivity contribution in [3.8, 4) is 17.1 Å². The molecular weight excluding hydrogens is 526 g/mol. The number of anilines is 1. The van der Waals surface area contributed by atoms with Crippen molar-refractivity contribution in [1.29, 1.82) is 0 Å². The second-order valence-corrected chi connectivity index (χ2v) is 10.6. The lowest BCUT2D eigenvalue weighted by atomic mass is 10.1. The molecule has 0 atom stereocenters. The zero-order chi connectivity index (χ0) is 27.1.